The van der Waals surface area contributed by atoms with Gasteiger partial charge in [0.05, 0.1) is 35.0 Å². The number of carbonyl (C=O) groups is 2. The Morgan fingerprint density at radius 2 is 1.71 bits per heavy atom. The van der Waals surface area contributed by atoms with Crippen molar-refractivity contribution in [1.29, 1.82) is 0 Å². The average molecular weight is 791 g/mol. The number of amides is 1. The number of nitrogens with one attached hydrogen (secondary N) is 1. The molecule has 0 fully saturated rings. The fourth-order valence-electron chi connectivity index (χ4n) is 7.90. The zero-order valence-electron chi connectivity index (χ0n) is 32.6. The van der Waals surface area contributed by atoms with Gasteiger partial charge in [0.2, 0.25) is 0 Å². The number of rotatable bonds is 14. The Hall–Kier alpha value is -4.68. The van der Waals surface area contributed by atoms with Gasteiger partial charge in [0.25, 0.3) is 5.91 Å². The van der Waals surface area contributed by atoms with E-state index in [0.717, 1.165) is 55.2 Å². The third kappa shape index (κ3) is 7.38. The number of nitrogens with zero attached hydrogens (tertiary/aromatic N) is 3. The number of aromatic carboxylic acids is 1. The molecule has 2 aromatic heterocycles. The van der Waals surface area contributed by atoms with Crippen LogP contribution in [0.15, 0.2) is 48.2 Å². The van der Waals surface area contributed by atoms with Gasteiger partial charge >= 0.3 is 5.97 Å². The molecule has 6 rings (SSSR count). The van der Waals surface area contributed by atoms with Crippen LogP contribution >= 0.6 is 23.2 Å². The maximum Gasteiger partial charge on any atom is 0.352 e. The molecule has 3 aromatic carbocycles. The number of halogens is 2. The number of fused-ring (bicyclic) bond motifs is 4. The third-order valence-corrected chi connectivity index (χ3v) is 11.4. The quantitative estimate of drug-likeness (QED) is 0.0958. The lowest BCUT2D eigenvalue weighted by Crippen LogP contribution is -2.43. The first-order valence-corrected chi connectivity index (χ1v) is 19.1. The van der Waals surface area contributed by atoms with E-state index in [-0.39, 0.29) is 30.3 Å². The predicted octanol–water partition coefficient (Wildman–Crippen LogP) is 8.31. The molecule has 1 aliphatic rings. The molecule has 5 aromatic rings. The Morgan fingerprint density at radius 3 is 2.35 bits per heavy atom. The van der Waals surface area contributed by atoms with Crippen LogP contribution in [0, 0.1) is 13.8 Å². The molecule has 13 heteroatoms. The number of ether oxygens (including phenoxy) is 3. The summed E-state index contributed by atoms with van der Waals surface area (Å²) >= 11 is 13.5. The summed E-state index contributed by atoms with van der Waals surface area (Å²) in [5, 5.41) is 16.1. The van der Waals surface area contributed by atoms with Gasteiger partial charge in [-0.3, -0.25) is 4.79 Å². The number of anilines is 1. The molecule has 0 bridgehead atoms. The molecule has 0 unspecified atom stereocenters. The van der Waals surface area contributed by atoms with Crippen LogP contribution in [0.4, 0.5) is 5.69 Å². The van der Waals surface area contributed by atoms with Gasteiger partial charge in [-0.25, -0.2) is 4.79 Å². The van der Waals surface area contributed by atoms with Gasteiger partial charge < -0.3 is 44.4 Å². The number of methoxy groups -OCH3 is 1. The fraction of sp³-hybridized carbons (Fsp3) is 0.381. The molecule has 2 atom stereocenters. The van der Waals surface area contributed by atoms with E-state index in [1.807, 2.05) is 65.1 Å². The largest absolute Gasteiger partial charge is 0.494 e. The highest BCUT2D eigenvalue weighted by molar-refractivity contribution is 6.34. The fourth-order valence-corrected chi connectivity index (χ4v) is 8.27. The van der Waals surface area contributed by atoms with Crippen molar-refractivity contribution < 1.29 is 28.9 Å². The molecule has 292 valence electrons. The number of benzene rings is 3. The number of nitrogens with two attached hydrogens (primary N) is 1. The molecule has 0 saturated carbocycles. The predicted molar refractivity (Wildman–Crippen MR) is 221 cm³/mol. The molecule has 3 heterocycles. The van der Waals surface area contributed by atoms with Crippen LogP contribution < -0.4 is 25.4 Å². The number of carbonyl (C=O) groups excluding carboxylic acids is 1. The van der Waals surface area contributed by atoms with E-state index in [2.05, 4.69) is 16.8 Å². The lowest BCUT2D eigenvalue weighted by atomic mass is 9.94. The van der Waals surface area contributed by atoms with E-state index in [1.165, 1.54) is 0 Å². The van der Waals surface area contributed by atoms with Crippen molar-refractivity contribution in [2.45, 2.75) is 59.5 Å². The summed E-state index contributed by atoms with van der Waals surface area (Å²) < 4.78 is 21.2. The molecular weight excluding hydrogens is 741 g/mol. The number of allylic oxidation sites excluding steroid dienone is 1. The monoisotopic (exact) mass is 789 g/mol. The molecule has 0 saturated heterocycles. The van der Waals surface area contributed by atoms with Gasteiger partial charge in [0.1, 0.15) is 29.5 Å². The van der Waals surface area contributed by atoms with E-state index in [9.17, 15) is 9.90 Å². The Kier molecular flexibility index (Phi) is 11.8. The van der Waals surface area contributed by atoms with Gasteiger partial charge in [-0.05, 0) is 100 Å². The summed E-state index contributed by atoms with van der Waals surface area (Å²) in [4.78, 5) is 29.3. The summed E-state index contributed by atoms with van der Waals surface area (Å²) in [6.07, 6.45) is 1.15. The summed E-state index contributed by atoms with van der Waals surface area (Å²) in [7, 11) is 5.15. The summed E-state index contributed by atoms with van der Waals surface area (Å²) in [5.41, 5.74) is 14.6. The van der Waals surface area contributed by atoms with E-state index >= 15 is 4.79 Å². The maximum absolute atomic E-state index is 15.3. The van der Waals surface area contributed by atoms with E-state index < -0.39 is 5.97 Å². The van der Waals surface area contributed by atoms with Gasteiger partial charge in [0.15, 0.2) is 0 Å². The van der Waals surface area contributed by atoms with Crippen LogP contribution in [0.25, 0.3) is 27.4 Å². The molecular formula is C42H49Cl2N5O6. The van der Waals surface area contributed by atoms with Crippen LogP contribution in [-0.4, -0.2) is 72.7 Å². The van der Waals surface area contributed by atoms with E-state index in [4.69, 9.17) is 43.1 Å². The second-order valence-electron chi connectivity index (χ2n) is 14.3. The minimum absolute atomic E-state index is 0.0954. The van der Waals surface area contributed by atoms with Crippen molar-refractivity contribution in [2.75, 3.05) is 45.4 Å². The summed E-state index contributed by atoms with van der Waals surface area (Å²) in [5.74, 6) is -0.0525. The number of hydrogen-bond acceptors (Lipinski definition) is 7. The first kappa shape index (κ1) is 40.0. The number of carboxylic acid groups (broad SMARTS) is 1. The van der Waals surface area contributed by atoms with Crippen LogP contribution in [0.5, 0.6) is 11.5 Å². The zero-order valence-corrected chi connectivity index (χ0v) is 34.1. The minimum atomic E-state index is -1.07. The molecule has 4 N–H and O–H groups in total. The maximum atomic E-state index is 15.3. The number of carboxylic acids is 1. The molecule has 55 heavy (non-hydrogen) atoms. The second kappa shape index (κ2) is 16.2. The standard InChI is InChI=1S/C42H49Cl2N5O6/c1-22-16-28(17-23(2)37(22)44)54-13-9-10-30-31-11-12-32(43)36(35(25(4)45)26(5)46-6)39(31)49-24(3)21-48(41(50)40(30)49)33-20-29(55-15-14-53-8)18-27-19-34(42(51)52)47(7)38(27)33/h11-12,16-20,24-25,46H,9-10,13-15,21,45H2,1-8H3,(H,51,52)/b35-26+/t24-,25-/m1/s1. The Morgan fingerprint density at radius 1 is 1.04 bits per heavy atom. The molecule has 11 nitrogen and oxygen atoms in total. The van der Waals surface area contributed by atoms with Crippen LogP contribution in [-0.2, 0) is 18.2 Å². The van der Waals surface area contributed by atoms with E-state index in [0.29, 0.717) is 65.7 Å². The van der Waals surface area contributed by atoms with Crippen LogP contribution in [0.3, 0.4) is 0 Å². The molecule has 1 aliphatic heterocycles. The molecule has 0 radical (unpaired) electrons. The lowest BCUT2D eigenvalue weighted by Gasteiger charge is -2.35. The van der Waals surface area contributed by atoms with Crippen molar-refractivity contribution in [3.05, 3.63) is 91.8 Å². The molecule has 1 amide bonds. The third-order valence-electron chi connectivity index (χ3n) is 10.5. The Balaban J connectivity index is 1.53. The first-order chi connectivity index (χ1) is 26.2. The number of aryl methyl sites for hydroxylation is 4. The van der Waals surface area contributed by atoms with Crippen molar-refractivity contribution in [3.63, 3.8) is 0 Å². The van der Waals surface area contributed by atoms with Gasteiger partial charge in [-0.1, -0.05) is 29.3 Å². The summed E-state index contributed by atoms with van der Waals surface area (Å²) in [6.45, 7) is 11.2. The van der Waals surface area contributed by atoms with Crippen molar-refractivity contribution in [2.24, 2.45) is 12.8 Å². The Bertz CT molecular complexity index is 2320. The molecule has 0 spiro atoms. The highest BCUT2D eigenvalue weighted by Gasteiger charge is 2.38. The smallest absolute Gasteiger partial charge is 0.352 e. The molecule has 0 aliphatic carbocycles. The van der Waals surface area contributed by atoms with Gasteiger partial charge in [0, 0.05) is 73.0 Å². The van der Waals surface area contributed by atoms with Gasteiger partial charge in [-0.2, -0.15) is 0 Å². The number of aromatic nitrogens is 2. The zero-order chi connectivity index (χ0) is 39.9. The van der Waals surface area contributed by atoms with Crippen LogP contribution in [0.2, 0.25) is 10.0 Å². The first-order valence-electron chi connectivity index (χ1n) is 18.4. The number of hydrogen-bond donors (Lipinski definition) is 3. The topological polar surface area (TPSA) is 133 Å². The highest BCUT2D eigenvalue weighted by atomic mass is 35.5. The minimum Gasteiger partial charge on any atom is -0.494 e. The highest BCUT2D eigenvalue weighted by Crippen LogP contribution is 2.44. The van der Waals surface area contributed by atoms with Crippen molar-refractivity contribution in [1.82, 2.24) is 14.5 Å². The van der Waals surface area contributed by atoms with Crippen molar-refractivity contribution in [3.8, 4) is 11.5 Å². The Labute approximate surface area is 331 Å². The van der Waals surface area contributed by atoms with Gasteiger partial charge in [-0.15, -0.1) is 0 Å². The summed E-state index contributed by atoms with van der Waals surface area (Å²) in [6, 6.07) is 12.4. The SMILES string of the molecule is CN/C(C)=C(/c1c(Cl)ccc2c(CCCOc3cc(C)c(Cl)c(C)c3)c3n(c12)[C@H](C)CN(c1cc(OCCOC)cc2cc(C(=O)O)n(C)c12)C3=O)[C@@H](C)N. The lowest BCUT2D eigenvalue weighted by molar-refractivity contribution is 0.0687. The second-order valence-corrected chi connectivity index (χ2v) is 15.1. The normalized spacial score (nSPS) is 15.4. The average Bonchev–Trinajstić information content (AvgIpc) is 3.66. The van der Waals surface area contributed by atoms with Crippen LogP contribution in [0.1, 0.15) is 76.5 Å². The van der Waals surface area contributed by atoms with Crippen molar-refractivity contribution >= 4 is 68.1 Å². The van der Waals surface area contributed by atoms with E-state index in [1.54, 1.807) is 35.8 Å².